The molecular formula is C18H21F3N4O3S. The summed E-state index contributed by atoms with van der Waals surface area (Å²) in [5.74, 6) is -0.594. The van der Waals surface area contributed by atoms with Gasteiger partial charge in [-0.1, -0.05) is 18.2 Å². The number of alkyl halides is 3. The summed E-state index contributed by atoms with van der Waals surface area (Å²) in [6.45, 7) is 0.265. The zero-order valence-corrected chi connectivity index (χ0v) is 16.3. The fourth-order valence-corrected chi connectivity index (χ4v) is 5.22. The van der Waals surface area contributed by atoms with Crippen LogP contribution < -0.4 is 5.73 Å². The summed E-state index contributed by atoms with van der Waals surface area (Å²) in [6.07, 6.45) is -3.70. The van der Waals surface area contributed by atoms with Gasteiger partial charge in [-0.05, 0) is 30.4 Å². The number of hydrogen-bond acceptors (Lipinski definition) is 5. The number of anilines is 1. The lowest BCUT2D eigenvalue weighted by Crippen LogP contribution is -2.33. The molecule has 1 amide bonds. The number of halogens is 3. The van der Waals surface area contributed by atoms with Gasteiger partial charge >= 0.3 is 6.18 Å². The van der Waals surface area contributed by atoms with Crippen LogP contribution in [0.3, 0.4) is 0 Å². The first-order chi connectivity index (χ1) is 13.5. The quantitative estimate of drug-likeness (QED) is 0.685. The van der Waals surface area contributed by atoms with Crippen LogP contribution in [0.4, 0.5) is 18.9 Å². The van der Waals surface area contributed by atoms with Crippen molar-refractivity contribution in [2.75, 3.05) is 23.8 Å². The molecule has 29 heavy (non-hydrogen) atoms. The lowest BCUT2D eigenvalue weighted by Gasteiger charge is -2.24. The fourth-order valence-electron chi connectivity index (χ4n) is 3.31. The van der Waals surface area contributed by atoms with Crippen LogP contribution in [-0.4, -0.2) is 47.5 Å². The van der Waals surface area contributed by atoms with Gasteiger partial charge in [0.25, 0.3) is 5.91 Å². The second kappa shape index (κ2) is 8.05. The summed E-state index contributed by atoms with van der Waals surface area (Å²) in [5.41, 5.74) is 5.57. The molecule has 158 valence electrons. The van der Waals surface area contributed by atoms with Gasteiger partial charge in [-0.2, -0.15) is 18.3 Å². The molecule has 1 aromatic carbocycles. The van der Waals surface area contributed by atoms with Crippen LogP contribution in [0.15, 0.2) is 30.3 Å². The first-order valence-corrected chi connectivity index (χ1v) is 10.8. The Labute approximate surface area is 166 Å². The number of amides is 1. The number of nitrogens with two attached hydrogens (primary N) is 1. The molecule has 1 unspecified atom stereocenters. The second-order valence-corrected chi connectivity index (χ2v) is 9.38. The van der Waals surface area contributed by atoms with Crippen molar-refractivity contribution in [3.63, 3.8) is 0 Å². The van der Waals surface area contributed by atoms with E-state index in [-0.39, 0.29) is 36.2 Å². The zero-order chi connectivity index (χ0) is 21.2. The fraction of sp³-hybridized carbons (Fsp3) is 0.444. The molecular weight excluding hydrogens is 409 g/mol. The normalized spacial score (nSPS) is 18.7. The largest absolute Gasteiger partial charge is 0.432 e. The average molecular weight is 430 g/mol. The highest BCUT2D eigenvalue weighted by molar-refractivity contribution is 7.91. The van der Waals surface area contributed by atoms with E-state index in [9.17, 15) is 26.4 Å². The van der Waals surface area contributed by atoms with E-state index in [4.69, 9.17) is 5.73 Å². The molecule has 0 bridgehead atoms. The predicted octanol–water partition coefficient (Wildman–Crippen LogP) is 2.48. The van der Waals surface area contributed by atoms with Gasteiger partial charge in [0.05, 0.1) is 11.5 Å². The van der Waals surface area contributed by atoms with Crippen molar-refractivity contribution in [1.82, 2.24) is 15.1 Å². The van der Waals surface area contributed by atoms with Crippen molar-refractivity contribution in [2.24, 2.45) is 5.92 Å². The van der Waals surface area contributed by atoms with Crippen LogP contribution in [-0.2, 0) is 22.6 Å². The van der Waals surface area contributed by atoms with Gasteiger partial charge in [-0.3, -0.25) is 9.89 Å². The SMILES string of the molecule is Nc1ccccc1CN(CCC1CCS(=O)(=O)C1)C(=O)c1cc(C(F)(F)F)[nH]n1. The first-order valence-electron chi connectivity index (χ1n) is 9.01. The lowest BCUT2D eigenvalue weighted by molar-refractivity contribution is -0.141. The monoisotopic (exact) mass is 430 g/mol. The molecule has 1 aromatic heterocycles. The number of hydrogen-bond donors (Lipinski definition) is 2. The standard InChI is InChI=1S/C18H21F3N4O3S/c19-18(20,21)16-9-15(23-24-16)17(26)25(10-13-3-1-2-4-14(13)22)7-5-12-6-8-29(27,28)11-12/h1-4,9,12H,5-8,10-11,22H2,(H,23,24). The number of nitrogens with one attached hydrogen (secondary N) is 1. The van der Waals surface area contributed by atoms with Crippen molar-refractivity contribution in [3.8, 4) is 0 Å². The molecule has 11 heteroatoms. The molecule has 0 aliphatic carbocycles. The summed E-state index contributed by atoms with van der Waals surface area (Å²) < 4.78 is 61.8. The average Bonchev–Trinajstić information content (AvgIpc) is 3.26. The lowest BCUT2D eigenvalue weighted by atomic mass is 10.0. The molecule has 1 aliphatic rings. The predicted molar refractivity (Wildman–Crippen MR) is 101 cm³/mol. The molecule has 1 saturated heterocycles. The molecule has 0 spiro atoms. The molecule has 1 atom stereocenters. The van der Waals surface area contributed by atoms with E-state index in [1.54, 1.807) is 24.3 Å². The van der Waals surface area contributed by atoms with Crippen LogP contribution in [0, 0.1) is 5.92 Å². The van der Waals surface area contributed by atoms with Gasteiger partial charge in [0.1, 0.15) is 5.69 Å². The third kappa shape index (κ3) is 5.28. The molecule has 2 aromatic rings. The van der Waals surface area contributed by atoms with Gasteiger partial charge in [-0.25, -0.2) is 8.42 Å². The minimum absolute atomic E-state index is 0.0587. The Kier molecular flexibility index (Phi) is 5.87. The van der Waals surface area contributed by atoms with Crippen molar-refractivity contribution in [2.45, 2.75) is 25.6 Å². The Morgan fingerprint density at radius 1 is 1.31 bits per heavy atom. The Bertz CT molecular complexity index is 988. The molecule has 0 radical (unpaired) electrons. The number of sulfone groups is 1. The molecule has 2 heterocycles. The van der Waals surface area contributed by atoms with E-state index in [0.717, 1.165) is 0 Å². The number of aromatic nitrogens is 2. The van der Waals surface area contributed by atoms with Crippen LogP contribution in [0.25, 0.3) is 0 Å². The molecule has 1 fully saturated rings. The Morgan fingerprint density at radius 2 is 2.03 bits per heavy atom. The number of carbonyl (C=O) groups is 1. The van der Waals surface area contributed by atoms with Gasteiger partial charge in [0.15, 0.2) is 15.5 Å². The third-order valence-corrected chi connectivity index (χ3v) is 6.78. The highest BCUT2D eigenvalue weighted by Gasteiger charge is 2.35. The van der Waals surface area contributed by atoms with E-state index in [0.29, 0.717) is 30.2 Å². The number of benzene rings is 1. The van der Waals surface area contributed by atoms with Crippen molar-refractivity contribution >= 4 is 21.4 Å². The molecule has 3 rings (SSSR count). The maximum absolute atomic E-state index is 12.9. The Hall–Kier alpha value is -2.56. The molecule has 7 nitrogen and oxygen atoms in total. The minimum Gasteiger partial charge on any atom is -0.398 e. The van der Waals surface area contributed by atoms with Crippen molar-refractivity contribution < 1.29 is 26.4 Å². The molecule has 0 saturated carbocycles. The first kappa shape index (κ1) is 21.2. The summed E-state index contributed by atoms with van der Waals surface area (Å²) in [4.78, 5) is 14.2. The van der Waals surface area contributed by atoms with Gasteiger partial charge in [-0.15, -0.1) is 0 Å². The van der Waals surface area contributed by atoms with E-state index < -0.39 is 27.6 Å². The van der Waals surface area contributed by atoms with E-state index >= 15 is 0 Å². The Balaban J connectivity index is 1.79. The summed E-state index contributed by atoms with van der Waals surface area (Å²) in [6, 6.07) is 7.54. The molecule has 1 aliphatic heterocycles. The van der Waals surface area contributed by atoms with Crippen LogP contribution in [0.5, 0.6) is 0 Å². The van der Waals surface area contributed by atoms with Crippen LogP contribution >= 0.6 is 0 Å². The topological polar surface area (TPSA) is 109 Å². The van der Waals surface area contributed by atoms with Crippen molar-refractivity contribution in [1.29, 1.82) is 0 Å². The maximum atomic E-state index is 12.9. The number of H-pyrrole nitrogens is 1. The summed E-state index contributed by atoms with van der Waals surface area (Å²) in [5, 5.41) is 5.35. The third-order valence-electron chi connectivity index (χ3n) is 4.94. The second-order valence-electron chi connectivity index (χ2n) is 7.15. The summed E-state index contributed by atoms with van der Waals surface area (Å²) in [7, 11) is -3.06. The highest BCUT2D eigenvalue weighted by atomic mass is 32.2. The Morgan fingerprint density at radius 3 is 2.62 bits per heavy atom. The number of aromatic amines is 1. The van der Waals surface area contributed by atoms with Gasteiger partial charge < -0.3 is 10.6 Å². The van der Waals surface area contributed by atoms with E-state index in [2.05, 4.69) is 5.10 Å². The number of nitrogen functional groups attached to an aromatic ring is 1. The van der Waals surface area contributed by atoms with Gasteiger partial charge in [0.2, 0.25) is 0 Å². The van der Waals surface area contributed by atoms with E-state index in [1.807, 2.05) is 5.10 Å². The van der Waals surface area contributed by atoms with Crippen molar-refractivity contribution in [3.05, 3.63) is 47.3 Å². The molecule has 3 N–H and O–H groups in total. The highest BCUT2D eigenvalue weighted by Crippen LogP contribution is 2.28. The van der Waals surface area contributed by atoms with E-state index in [1.165, 1.54) is 4.90 Å². The smallest absolute Gasteiger partial charge is 0.398 e. The maximum Gasteiger partial charge on any atom is 0.432 e. The van der Waals surface area contributed by atoms with Gasteiger partial charge in [0, 0.05) is 24.8 Å². The van der Waals surface area contributed by atoms with Crippen LogP contribution in [0.2, 0.25) is 0 Å². The number of rotatable bonds is 6. The zero-order valence-electron chi connectivity index (χ0n) is 15.4. The van der Waals surface area contributed by atoms with Crippen LogP contribution in [0.1, 0.15) is 34.6 Å². The number of nitrogens with zero attached hydrogens (tertiary/aromatic N) is 2. The number of carbonyl (C=O) groups excluding carboxylic acids is 1. The summed E-state index contributed by atoms with van der Waals surface area (Å²) >= 11 is 0. The minimum atomic E-state index is -4.64. The number of para-hydroxylation sites is 1.